The third-order valence-corrected chi connectivity index (χ3v) is 4.37. The van der Waals surface area contributed by atoms with E-state index in [0.717, 1.165) is 37.6 Å². The van der Waals surface area contributed by atoms with Gasteiger partial charge < -0.3 is 15.1 Å². The highest BCUT2D eigenvalue weighted by molar-refractivity contribution is 6.33. The molecule has 1 aliphatic rings. The molecule has 1 saturated heterocycles. The number of amides is 1. The van der Waals surface area contributed by atoms with Crippen molar-refractivity contribution in [2.24, 2.45) is 0 Å². The molecule has 24 heavy (non-hydrogen) atoms. The van der Waals surface area contributed by atoms with Gasteiger partial charge in [-0.25, -0.2) is 9.97 Å². The van der Waals surface area contributed by atoms with E-state index < -0.39 is 0 Å². The Labute approximate surface area is 146 Å². The Bertz CT molecular complexity index is 716. The number of pyridine rings is 2. The summed E-state index contributed by atoms with van der Waals surface area (Å²) in [6.07, 6.45) is 3.33. The second-order valence-corrected chi connectivity index (χ2v) is 6.24. The summed E-state index contributed by atoms with van der Waals surface area (Å²) >= 11 is 6.00. The second kappa shape index (κ2) is 7.59. The molecule has 1 fully saturated rings. The first-order valence-corrected chi connectivity index (χ1v) is 8.28. The molecule has 0 aromatic carbocycles. The number of hydrogen-bond acceptors (Lipinski definition) is 5. The summed E-state index contributed by atoms with van der Waals surface area (Å²) in [4.78, 5) is 25.2. The zero-order chi connectivity index (χ0) is 16.9. The first-order valence-electron chi connectivity index (χ1n) is 7.90. The molecule has 0 aliphatic carbocycles. The minimum atomic E-state index is -0.279. The predicted octanol–water partition coefficient (Wildman–Crippen LogP) is 1.81. The van der Waals surface area contributed by atoms with Crippen LogP contribution in [0.1, 0.15) is 16.1 Å². The summed E-state index contributed by atoms with van der Waals surface area (Å²) in [5.41, 5.74) is 1.24. The molecule has 0 spiro atoms. The van der Waals surface area contributed by atoms with Gasteiger partial charge in [0.25, 0.3) is 5.91 Å². The van der Waals surface area contributed by atoms with Crippen molar-refractivity contribution in [2.75, 3.05) is 38.1 Å². The molecular formula is C17H20ClN5O. The van der Waals surface area contributed by atoms with Gasteiger partial charge in [-0.1, -0.05) is 11.6 Å². The quantitative estimate of drug-likeness (QED) is 0.915. The summed E-state index contributed by atoms with van der Waals surface area (Å²) in [7, 11) is 2.12. The molecule has 0 radical (unpaired) electrons. The van der Waals surface area contributed by atoms with Crippen molar-refractivity contribution in [3.05, 3.63) is 52.9 Å². The summed E-state index contributed by atoms with van der Waals surface area (Å²) in [6, 6.07) is 7.27. The van der Waals surface area contributed by atoms with Crippen molar-refractivity contribution in [1.82, 2.24) is 20.2 Å². The summed E-state index contributed by atoms with van der Waals surface area (Å²) in [5.74, 6) is 0.671. The van der Waals surface area contributed by atoms with Crippen LogP contribution in [0.15, 0.2) is 36.7 Å². The van der Waals surface area contributed by atoms with Crippen LogP contribution in [0.2, 0.25) is 5.02 Å². The van der Waals surface area contributed by atoms with Crippen LogP contribution in [-0.2, 0) is 6.54 Å². The van der Waals surface area contributed by atoms with E-state index in [1.165, 1.54) is 0 Å². The maximum atomic E-state index is 12.2. The maximum absolute atomic E-state index is 12.2. The number of anilines is 1. The highest BCUT2D eigenvalue weighted by Crippen LogP contribution is 2.15. The average Bonchev–Trinajstić information content (AvgIpc) is 2.61. The number of carbonyl (C=O) groups excluding carboxylic acids is 1. The van der Waals surface area contributed by atoms with Gasteiger partial charge in [0.05, 0.1) is 5.02 Å². The molecule has 3 heterocycles. The molecule has 1 N–H and O–H groups in total. The minimum absolute atomic E-state index is 0.243. The summed E-state index contributed by atoms with van der Waals surface area (Å²) in [6.45, 7) is 4.39. The first-order chi connectivity index (χ1) is 11.6. The lowest BCUT2D eigenvalue weighted by atomic mass is 10.2. The minimum Gasteiger partial charge on any atom is -0.354 e. The molecule has 126 valence electrons. The fourth-order valence-corrected chi connectivity index (χ4v) is 2.81. The van der Waals surface area contributed by atoms with Gasteiger partial charge in [-0.05, 0) is 36.9 Å². The molecular weight excluding hydrogens is 326 g/mol. The number of halogens is 1. The summed E-state index contributed by atoms with van der Waals surface area (Å²) in [5, 5.41) is 3.20. The monoisotopic (exact) mass is 345 g/mol. The van der Waals surface area contributed by atoms with Crippen molar-refractivity contribution >= 4 is 23.3 Å². The molecule has 6 nitrogen and oxygen atoms in total. The van der Waals surface area contributed by atoms with Crippen molar-refractivity contribution < 1.29 is 4.79 Å². The Kier molecular flexibility index (Phi) is 5.27. The third kappa shape index (κ3) is 4.01. The van der Waals surface area contributed by atoms with E-state index in [9.17, 15) is 4.79 Å². The van der Waals surface area contributed by atoms with Gasteiger partial charge in [-0.15, -0.1) is 0 Å². The number of likely N-dealkylation sites (N-methyl/N-ethyl adjacent to an activating group) is 1. The Morgan fingerprint density at radius 1 is 1.21 bits per heavy atom. The smallest absolute Gasteiger partial charge is 0.271 e. The van der Waals surface area contributed by atoms with E-state index in [4.69, 9.17) is 11.6 Å². The van der Waals surface area contributed by atoms with Gasteiger partial charge in [0.15, 0.2) is 0 Å². The van der Waals surface area contributed by atoms with E-state index >= 15 is 0 Å². The Hall–Kier alpha value is -2.18. The van der Waals surface area contributed by atoms with Crippen LogP contribution in [0.3, 0.4) is 0 Å². The molecule has 1 aliphatic heterocycles. The van der Waals surface area contributed by atoms with E-state index in [2.05, 4.69) is 32.1 Å². The van der Waals surface area contributed by atoms with Crippen molar-refractivity contribution in [3.63, 3.8) is 0 Å². The molecule has 3 rings (SSSR count). The highest BCUT2D eigenvalue weighted by atomic mass is 35.5. The highest BCUT2D eigenvalue weighted by Gasteiger charge is 2.16. The fourth-order valence-electron chi connectivity index (χ4n) is 2.60. The molecule has 2 aromatic heterocycles. The van der Waals surface area contributed by atoms with Crippen LogP contribution in [0, 0.1) is 0 Å². The SMILES string of the molecule is CN1CCN(c2cc(CNC(=O)c3ncccc3Cl)ccn2)CC1. The lowest BCUT2D eigenvalue weighted by Gasteiger charge is -2.33. The van der Waals surface area contributed by atoms with E-state index in [1.54, 1.807) is 24.5 Å². The molecule has 0 atom stereocenters. The number of hydrogen-bond donors (Lipinski definition) is 1. The van der Waals surface area contributed by atoms with E-state index in [1.807, 2.05) is 12.1 Å². The van der Waals surface area contributed by atoms with Crippen LogP contribution in [0.5, 0.6) is 0 Å². The Balaban J connectivity index is 1.63. The number of rotatable bonds is 4. The molecule has 1 amide bonds. The molecule has 0 unspecified atom stereocenters. The van der Waals surface area contributed by atoms with E-state index in [-0.39, 0.29) is 11.6 Å². The topological polar surface area (TPSA) is 61.4 Å². The van der Waals surface area contributed by atoms with Gasteiger partial charge in [-0.2, -0.15) is 0 Å². The molecule has 0 saturated carbocycles. The van der Waals surface area contributed by atoms with E-state index in [0.29, 0.717) is 11.6 Å². The average molecular weight is 346 g/mol. The standard InChI is InChI=1S/C17H20ClN5O/c1-22-7-9-23(10-8-22)15-11-13(4-6-19-15)12-21-17(24)16-14(18)3-2-5-20-16/h2-6,11H,7-10,12H2,1H3,(H,21,24). The van der Waals surface area contributed by atoms with Crippen LogP contribution >= 0.6 is 11.6 Å². The number of piperazine rings is 1. The maximum Gasteiger partial charge on any atom is 0.271 e. The van der Waals surface area contributed by atoms with Crippen molar-refractivity contribution in [2.45, 2.75) is 6.54 Å². The molecule has 0 bridgehead atoms. The third-order valence-electron chi connectivity index (χ3n) is 4.06. The van der Waals surface area contributed by atoms with Gasteiger partial charge in [0.1, 0.15) is 11.5 Å². The van der Waals surface area contributed by atoms with Crippen LogP contribution in [-0.4, -0.2) is 54.0 Å². The van der Waals surface area contributed by atoms with Gasteiger partial charge in [-0.3, -0.25) is 4.79 Å². The lowest BCUT2D eigenvalue weighted by molar-refractivity contribution is 0.0946. The van der Waals surface area contributed by atoms with Gasteiger partial charge >= 0.3 is 0 Å². The zero-order valence-corrected chi connectivity index (χ0v) is 14.3. The first kappa shape index (κ1) is 16.7. The van der Waals surface area contributed by atoms with Crippen LogP contribution in [0.25, 0.3) is 0 Å². The van der Waals surface area contributed by atoms with Crippen LogP contribution < -0.4 is 10.2 Å². The van der Waals surface area contributed by atoms with Gasteiger partial charge in [0.2, 0.25) is 0 Å². The van der Waals surface area contributed by atoms with Crippen molar-refractivity contribution in [3.8, 4) is 0 Å². The number of carbonyl (C=O) groups is 1. The van der Waals surface area contributed by atoms with Crippen LogP contribution in [0.4, 0.5) is 5.82 Å². The number of aromatic nitrogens is 2. The Morgan fingerprint density at radius 3 is 2.75 bits per heavy atom. The van der Waals surface area contributed by atoms with Gasteiger partial charge in [0, 0.05) is 45.1 Å². The largest absolute Gasteiger partial charge is 0.354 e. The zero-order valence-electron chi connectivity index (χ0n) is 13.6. The Morgan fingerprint density at radius 2 is 2.00 bits per heavy atom. The predicted molar refractivity (Wildman–Crippen MR) is 94.4 cm³/mol. The normalized spacial score (nSPS) is 15.3. The second-order valence-electron chi connectivity index (χ2n) is 5.83. The molecule has 7 heteroatoms. The fraction of sp³-hybridized carbons (Fsp3) is 0.353. The molecule has 2 aromatic rings. The lowest BCUT2D eigenvalue weighted by Crippen LogP contribution is -2.44. The van der Waals surface area contributed by atoms with Crippen molar-refractivity contribution in [1.29, 1.82) is 0 Å². The number of nitrogens with one attached hydrogen (secondary N) is 1. The summed E-state index contributed by atoms with van der Waals surface area (Å²) < 4.78 is 0. The number of nitrogens with zero attached hydrogens (tertiary/aromatic N) is 4.